The molecule has 1 saturated heterocycles. The van der Waals surface area contributed by atoms with Gasteiger partial charge >= 0.3 is 6.18 Å². The standard InChI is InChI=1S/C16H25ClF3N3O/c17-12-7-10(16(18,19)20)8-21-15(12)23-22-14-11-4-2-1-3-9(11)5-6-13(14)24/h9-15,21,24H,1-8H2. The van der Waals surface area contributed by atoms with Gasteiger partial charge in [-0.3, -0.25) is 5.32 Å². The van der Waals surface area contributed by atoms with Crippen LogP contribution in [0.1, 0.15) is 44.9 Å². The average molecular weight is 368 g/mol. The highest BCUT2D eigenvalue weighted by atomic mass is 35.5. The van der Waals surface area contributed by atoms with Crippen molar-refractivity contribution in [2.75, 3.05) is 6.54 Å². The van der Waals surface area contributed by atoms with Gasteiger partial charge < -0.3 is 5.11 Å². The summed E-state index contributed by atoms with van der Waals surface area (Å²) in [5.41, 5.74) is 0. The zero-order valence-electron chi connectivity index (χ0n) is 13.6. The third-order valence-electron chi connectivity index (χ3n) is 5.85. The van der Waals surface area contributed by atoms with Crippen LogP contribution in [-0.2, 0) is 0 Å². The summed E-state index contributed by atoms with van der Waals surface area (Å²) < 4.78 is 38.3. The van der Waals surface area contributed by atoms with Gasteiger partial charge in [0.15, 0.2) is 0 Å². The van der Waals surface area contributed by atoms with Crippen LogP contribution in [0.15, 0.2) is 10.2 Å². The molecule has 0 aromatic carbocycles. The lowest BCUT2D eigenvalue weighted by Gasteiger charge is -2.41. The summed E-state index contributed by atoms with van der Waals surface area (Å²) >= 11 is 6.10. The Morgan fingerprint density at radius 3 is 2.50 bits per heavy atom. The number of halogens is 4. The maximum Gasteiger partial charge on any atom is 0.393 e. The number of hydrogen-bond acceptors (Lipinski definition) is 4. The molecule has 0 aromatic heterocycles. The predicted octanol–water partition coefficient (Wildman–Crippen LogP) is 3.87. The summed E-state index contributed by atoms with van der Waals surface area (Å²) in [5.74, 6) is -0.507. The van der Waals surface area contributed by atoms with Crippen molar-refractivity contribution in [2.45, 2.75) is 74.8 Å². The summed E-state index contributed by atoms with van der Waals surface area (Å²) in [5, 5.41) is 20.9. The molecular formula is C16H25ClF3N3O. The van der Waals surface area contributed by atoms with Crippen molar-refractivity contribution >= 4 is 11.6 Å². The van der Waals surface area contributed by atoms with E-state index in [4.69, 9.17) is 11.6 Å². The molecule has 24 heavy (non-hydrogen) atoms. The van der Waals surface area contributed by atoms with E-state index >= 15 is 0 Å². The monoisotopic (exact) mass is 367 g/mol. The van der Waals surface area contributed by atoms with Gasteiger partial charge in [-0.2, -0.15) is 23.4 Å². The van der Waals surface area contributed by atoms with Crippen molar-refractivity contribution < 1.29 is 18.3 Å². The zero-order valence-corrected chi connectivity index (χ0v) is 14.3. The van der Waals surface area contributed by atoms with Crippen molar-refractivity contribution in [1.82, 2.24) is 5.32 Å². The molecule has 2 N–H and O–H groups in total. The number of nitrogens with one attached hydrogen (secondary N) is 1. The highest BCUT2D eigenvalue weighted by molar-refractivity contribution is 6.21. The maximum absolute atomic E-state index is 12.8. The zero-order chi connectivity index (χ0) is 17.3. The van der Waals surface area contributed by atoms with Crippen LogP contribution < -0.4 is 5.32 Å². The molecule has 3 fully saturated rings. The lowest BCUT2D eigenvalue weighted by Crippen LogP contribution is -2.49. The molecule has 0 aromatic rings. The first-order chi connectivity index (χ1) is 11.4. The van der Waals surface area contributed by atoms with Crippen LogP contribution in [0, 0.1) is 17.8 Å². The van der Waals surface area contributed by atoms with Crippen molar-refractivity contribution in [2.24, 2.45) is 28.0 Å². The number of fused-ring (bicyclic) bond motifs is 1. The van der Waals surface area contributed by atoms with E-state index in [2.05, 4.69) is 15.5 Å². The predicted molar refractivity (Wildman–Crippen MR) is 84.9 cm³/mol. The lowest BCUT2D eigenvalue weighted by atomic mass is 9.67. The number of rotatable bonds is 2. The number of azo groups is 1. The Labute approximate surface area is 145 Å². The second-order valence-corrected chi connectivity index (χ2v) is 7.98. The fourth-order valence-corrected chi connectivity index (χ4v) is 4.79. The number of nitrogens with zero attached hydrogens (tertiary/aromatic N) is 2. The Balaban J connectivity index is 1.62. The van der Waals surface area contributed by atoms with Crippen molar-refractivity contribution in [3.63, 3.8) is 0 Å². The third-order valence-corrected chi connectivity index (χ3v) is 6.26. The van der Waals surface area contributed by atoms with Crippen molar-refractivity contribution in [3.8, 4) is 0 Å². The Morgan fingerprint density at radius 2 is 1.79 bits per heavy atom. The Kier molecular flexibility index (Phi) is 5.72. The summed E-state index contributed by atoms with van der Waals surface area (Å²) in [6, 6.07) is -0.241. The molecule has 0 spiro atoms. The fraction of sp³-hybridized carbons (Fsp3) is 1.00. The third kappa shape index (κ3) is 4.05. The van der Waals surface area contributed by atoms with Gasteiger partial charge in [-0.15, -0.1) is 11.6 Å². The summed E-state index contributed by atoms with van der Waals surface area (Å²) in [4.78, 5) is 0. The largest absolute Gasteiger partial charge is 0.393 e. The quantitative estimate of drug-likeness (QED) is 0.575. The molecule has 3 aliphatic rings. The van der Waals surface area contributed by atoms with Crippen molar-refractivity contribution in [1.29, 1.82) is 0 Å². The second kappa shape index (κ2) is 7.46. The van der Waals surface area contributed by atoms with Gasteiger partial charge in [-0.1, -0.05) is 19.3 Å². The molecule has 7 atom stereocenters. The molecule has 0 bridgehead atoms. The van der Waals surface area contributed by atoms with Gasteiger partial charge in [0.2, 0.25) is 0 Å². The normalized spacial score (nSPS) is 44.5. The first kappa shape index (κ1) is 18.4. The van der Waals surface area contributed by atoms with E-state index in [-0.39, 0.29) is 19.0 Å². The van der Waals surface area contributed by atoms with Gasteiger partial charge in [-0.25, -0.2) is 0 Å². The van der Waals surface area contributed by atoms with Crippen molar-refractivity contribution in [3.05, 3.63) is 0 Å². The SMILES string of the molecule is OC1CCC2CCCCC2C1N=NC1NCC(C(F)(F)F)CC1Cl. The van der Waals surface area contributed by atoms with Crippen LogP contribution in [0.5, 0.6) is 0 Å². The molecule has 1 aliphatic heterocycles. The molecule has 8 heteroatoms. The number of alkyl halides is 4. The number of aliphatic hydroxyl groups is 1. The van der Waals surface area contributed by atoms with E-state index in [9.17, 15) is 18.3 Å². The lowest BCUT2D eigenvalue weighted by molar-refractivity contribution is -0.179. The van der Waals surface area contributed by atoms with Crippen LogP contribution in [0.3, 0.4) is 0 Å². The maximum atomic E-state index is 12.8. The number of piperidine rings is 1. The van der Waals surface area contributed by atoms with E-state index in [1.54, 1.807) is 0 Å². The molecule has 3 rings (SSSR count). The summed E-state index contributed by atoms with van der Waals surface area (Å²) in [7, 11) is 0. The molecule has 4 nitrogen and oxygen atoms in total. The van der Waals surface area contributed by atoms with Crippen LogP contribution in [0.25, 0.3) is 0 Å². The molecule has 2 aliphatic carbocycles. The van der Waals surface area contributed by atoms with E-state index in [1.807, 2.05) is 0 Å². The first-order valence-corrected chi connectivity index (χ1v) is 9.32. The fourth-order valence-electron chi connectivity index (χ4n) is 4.43. The molecule has 7 unspecified atom stereocenters. The van der Waals surface area contributed by atoms with Gasteiger partial charge in [-0.05, 0) is 37.5 Å². The topological polar surface area (TPSA) is 57.0 Å². The molecule has 0 amide bonds. The minimum absolute atomic E-state index is 0.152. The molecule has 138 valence electrons. The summed E-state index contributed by atoms with van der Waals surface area (Å²) in [6.45, 7) is -0.185. The Bertz CT molecular complexity index is 462. The van der Waals surface area contributed by atoms with E-state index in [0.717, 1.165) is 25.7 Å². The van der Waals surface area contributed by atoms with E-state index in [0.29, 0.717) is 11.8 Å². The Hall–Kier alpha value is -0.400. The minimum atomic E-state index is -4.24. The highest BCUT2D eigenvalue weighted by Gasteiger charge is 2.45. The molecular weight excluding hydrogens is 343 g/mol. The van der Waals surface area contributed by atoms with Crippen LogP contribution >= 0.6 is 11.6 Å². The van der Waals surface area contributed by atoms with E-state index in [1.165, 1.54) is 12.8 Å². The molecule has 2 saturated carbocycles. The second-order valence-electron chi connectivity index (χ2n) is 7.42. The molecule has 0 radical (unpaired) electrons. The Morgan fingerprint density at radius 1 is 1.04 bits per heavy atom. The van der Waals surface area contributed by atoms with Crippen LogP contribution in [0.4, 0.5) is 13.2 Å². The molecule has 1 heterocycles. The first-order valence-electron chi connectivity index (χ1n) is 8.88. The number of hydrogen-bond donors (Lipinski definition) is 2. The van der Waals surface area contributed by atoms with Crippen LogP contribution in [0.2, 0.25) is 0 Å². The summed E-state index contributed by atoms with van der Waals surface area (Å²) in [6.07, 6.45) is 0.850. The minimum Gasteiger partial charge on any atom is -0.391 e. The van der Waals surface area contributed by atoms with E-state index < -0.39 is 29.7 Å². The average Bonchev–Trinajstić information content (AvgIpc) is 2.54. The highest BCUT2D eigenvalue weighted by Crippen LogP contribution is 2.42. The van der Waals surface area contributed by atoms with Gasteiger partial charge in [0.25, 0.3) is 0 Å². The van der Waals surface area contributed by atoms with Crippen LogP contribution in [-0.4, -0.2) is 41.5 Å². The van der Waals surface area contributed by atoms with Gasteiger partial charge in [0.1, 0.15) is 6.17 Å². The number of aliphatic hydroxyl groups excluding tert-OH is 1. The smallest absolute Gasteiger partial charge is 0.391 e. The van der Waals surface area contributed by atoms with Gasteiger partial charge in [0.05, 0.1) is 23.4 Å². The van der Waals surface area contributed by atoms with Gasteiger partial charge in [0, 0.05) is 6.54 Å².